The van der Waals surface area contributed by atoms with E-state index >= 15 is 0 Å². The fourth-order valence-corrected chi connectivity index (χ4v) is 4.87. The Hall–Kier alpha value is -3.52. The Kier molecular flexibility index (Phi) is 7.75. The summed E-state index contributed by atoms with van der Waals surface area (Å²) >= 11 is 6.73. The smallest absolute Gasteiger partial charge is 0.322 e. The topological polar surface area (TPSA) is 141 Å². The van der Waals surface area contributed by atoms with E-state index in [0.29, 0.717) is 35.4 Å². The zero-order valence-corrected chi connectivity index (χ0v) is 20.4. The average molecular weight is 496 g/mol. The van der Waals surface area contributed by atoms with E-state index in [-0.39, 0.29) is 18.9 Å². The number of nitrogens with zero attached hydrogens (tertiary/aromatic N) is 1. The predicted molar refractivity (Wildman–Crippen MR) is 139 cm³/mol. The number of halogens is 1. The van der Waals surface area contributed by atoms with Gasteiger partial charge in [-0.15, -0.1) is 6.58 Å². The lowest BCUT2D eigenvalue weighted by atomic mass is 9.74. The van der Waals surface area contributed by atoms with Gasteiger partial charge in [-0.3, -0.25) is 4.79 Å². The highest BCUT2D eigenvalue weighted by Crippen LogP contribution is 2.42. The van der Waals surface area contributed by atoms with Crippen molar-refractivity contribution in [1.82, 2.24) is 10.2 Å². The number of hydrogen-bond acceptors (Lipinski definition) is 5. The van der Waals surface area contributed by atoms with Crippen LogP contribution in [0.4, 0.5) is 4.79 Å². The maximum Gasteiger partial charge on any atom is 0.322 e. The Morgan fingerprint density at radius 1 is 1.34 bits per heavy atom. The summed E-state index contributed by atoms with van der Waals surface area (Å²) < 4.78 is 0. The summed E-state index contributed by atoms with van der Waals surface area (Å²) in [6.07, 6.45) is 10.9. The van der Waals surface area contributed by atoms with E-state index in [1.807, 2.05) is 25.1 Å². The second kappa shape index (κ2) is 10.4. The third-order valence-corrected chi connectivity index (χ3v) is 7.17. The van der Waals surface area contributed by atoms with Crippen molar-refractivity contribution in [2.75, 3.05) is 6.54 Å². The molecule has 2 aliphatic rings. The maximum atomic E-state index is 12.9. The first-order valence-corrected chi connectivity index (χ1v) is 11.7. The van der Waals surface area contributed by atoms with Crippen LogP contribution in [0.1, 0.15) is 43.7 Å². The fraction of sp³-hybridized carbons (Fsp3) is 0.346. The summed E-state index contributed by atoms with van der Waals surface area (Å²) in [4.78, 5) is 25.3. The molecule has 0 saturated carbocycles. The molecule has 0 spiro atoms. The normalized spacial score (nSPS) is 25.0. The quantitative estimate of drug-likeness (QED) is 0.223. The molecule has 2 atom stereocenters. The van der Waals surface area contributed by atoms with Gasteiger partial charge >= 0.3 is 12.0 Å². The Balaban J connectivity index is 2.02. The Morgan fingerprint density at radius 3 is 2.57 bits per heavy atom. The number of allylic oxidation sites excluding steroid dienone is 2. The molecule has 2 amide bonds. The molecule has 0 radical (unpaired) electrons. The van der Waals surface area contributed by atoms with Crippen molar-refractivity contribution < 1.29 is 14.7 Å². The standard InChI is InChI=1S/C26H30ClN5O3/c1-3-26(21(17(2)13-28)14-32(24(35)31-26)11-8-23(33)34)19-4-5-20(22(27)12-19)18-6-9-25(15-29,16-30)10-7-18/h3-6,12-17,28-30H,1,7-11H2,2H3,(H,31,35)(H,33,34)/t17?,25?,26-/m1/s1. The van der Waals surface area contributed by atoms with Gasteiger partial charge in [-0.2, -0.15) is 0 Å². The van der Waals surface area contributed by atoms with E-state index in [1.165, 1.54) is 23.5 Å². The number of nitrogens with one attached hydrogen (secondary N) is 4. The molecule has 1 heterocycles. The number of carbonyl (C=O) groups excluding carboxylic acids is 1. The molecule has 1 unspecified atom stereocenters. The van der Waals surface area contributed by atoms with E-state index in [0.717, 1.165) is 11.1 Å². The summed E-state index contributed by atoms with van der Waals surface area (Å²) in [6.45, 7) is 5.80. The lowest BCUT2D eigenvalue weighted by Crippen LogP contribution is -2.55. The Bertz CT molecular complexity index is 1130. The van der Waals surface area contributed by atoms with E-state index in [1.54, 1.807) is 18.3 Å². The third kappa shape index (κ3) is 4.98. The number of carbonyl (C=O) groups is 2. The summed E-state index contributed by atoms with van der Waals surface area (Å²) in [6, 6.07) is 5.09. The van der Waals surface area contributed by atoms with Crippen LogP contribution < -0.4 is 5.32 Å². The third-order valence-electron chi connectivity index (χ3n) is 6.86. The SMILES string of the molecule is C=C[C@]1(c2ccc(C3=CCC(C=N)(C=N)CC3)c(Cl)c2)NC(=O)N(CCC(=O)O)C=C1C(C)C=N. The van der Waals surface area contributed by atoms with Crippen molar-refractivity contribution in [2.24, 2.45) is 11.3 Å². The van der Waals surface area contributed by atoms with Crippen LogP contribution in [0.3, 0.4) is 0 Å². The minimum absolute atomic E-state index is 0.00342. The number of hydrogen-bond donors (Lipinski definition) is 5. The van der Waals surface area contributed by atoms with Crippen LogP contribution in [0.5, 0.6) is 0 Å². The molecule has 35 heavy (non-hydrogen) atoms. The number of aliphatic carboxylic acids is 1. The minimum Gasteiger partial charge on any atom is -0.481 e. The molecule has 0 fully saturated rings. The molecule has 1 aliphatic heterocycles. The molecule has 0 saturated heterocycles. The van der Waals surface area contributed by atoms with Gasteiger partial charge in [-0.05, 0) is 47.6 Å². The van der Waals surface area contributed by atoms with Crippen LogP contribution in [0.25, 0.3) is 5.57 Å². The monoisotopic (exact) mass is 495 g/mol. The minimum atomic E-state index is -1.12. The first-order chi connectivity index (χ1) is 16.6. The van der Waals surface area contributed by atoms with Gasteiger partial charge in [0.25, 0.3) is 0 Å². The fourth-order valence-electron chi connectivity index (χ4n) is 4.57. The average Bonchev–Trinajstić information content (AvgIpc) is 2.87. The van der Waals surface area contributed by atoms with Crippen LogP contribution in [-0.4, -0.2) is 47.2 Å². The Labute approximate surface area is 209 Å². The van der Waals surface area contributed by atoms with Gasteiger partial charge < -0.3 is 31.6 Å². The van der Waals surface area contributed by atoms with Gasteiger partial charge in [0, 0.05) is 47.7 Å². The van der Waals surface area contributed by atoms with Crippen molar-refractivity contribution in [3.05, 3.63) is 64.9 Å². The molecule has 5 N–H and O–H groups in total. The molecule has 1 aromatic rings. The van der Waals surface area contributed by atoms with Crippen molar-refractivity contribution >= 4 is 47.8 Å². The maximum absolute atomic E-state index is 12.9. The van der Waals surface area contributed by atoms with Gasteiger partial charge in [0.15, 0.2) is 0 Å². The van der Waals surface area contributed by atoms with Gasteiger partial charge in [-0.25, -0.2) is 4.79 Å². The molecule has 1 aromatic carbocycles. The number of amides is 2. The van der Waals surface area contributed by atoms with Crippen molar-refractivity contribution in [3.63, 3.8) is 0 Å². The zero-order valence-electron chi connectivity index (χ0n) is 19.6. The summed E-state index contributed by atoms with van der Waals surface area (Å²) in [7, 11) is 0. The largest absolute Gasteiger partial charge is 0.481 e. The first kappa shape index (κ1) is 26.1. The zero-order chi connectivity index (χ0) is 25.8. The summed E-state index contributed by atoms with van der Waals surface area (Å²) in [5.41, 5.74) is 1.60. The highest BCUT2D eigenvalue weighted by atomic mass is 35.5. The lowest BCUT2D eigenvalue weighted by molar-refractivity contribution is -0.137. The Morgan fingerprint density at radius 2 is 2.06 bits per heavy atom. The lowest BCUT2D eigenvalue weighted by Gasteiger charge is -2.42. The van der Waals surface area contributed by atoms with E-state index in [2.05, 4.69) is 11.9 Å². The number of benzene rings is 1. The highest BCUT2D eigenvalue weighted by molar-refractivity contribution is 6.32. The van der Waals surface area contributed by atoms with Gasteiger partial charge in [0.05, 0.1) is 6.42 Å². The summed E-state index contributed by atoms with van der Waals surface area (Å²) in [5.74, 6) is -1.37. The number of rotatable bonds is 10. The molecule has 184 valence electrons. The van der Waals surface area contributed by atoms with Gasteiger partial charge in [0.2, 0.25) is 0 Å². The van der Waals surface area contributed by atoms with E-state index in [9.17, 15) is 9.59 Å². The molecular weight excluding hydrogens is 466 g/mol. The van der Waals surface area contributed by atoms with Crippen molar-refractivity contribution in [3.8, 4) is 0 Å². The van der Waals surface area contributed by atoms with Crippen LogP contribution >= 0.6 is 11.6 Å². The molecule has 1 aliphatic carbocycles. The van der Waals surface area contributed by atoms with Crippen molar-refractivity contribution in [2.45, 2.75) is 38.1 Å². The predicted octanol–water partition coefficient (Wildman–Crippen LogP) is 5.24. The molecule has 0 bridgehead atoms. The van der Waals surface area contributed by atoms with E-state index in [4.69, 9.17) is 32.9 Å². The van der Waals surface area contributed by atoms with Gasteiger partial charge in [-0.1, -0.05) is 42.8 Å². The second-order valence-corrected chi connectivity index (χ2v) is 9.38. The molecule has 8 nitrogen and oxygen atoms in total. The first-order valence-electron chi connectivity index (χ1n) is 11.3. The second-order valence-electron chi connectivity index (χ2n) is 8.97. The number of urea groups is 1. The van der Waals surface area contributed by atoms with E-state index < -0.39 is 23.0 Å². The molecule has 3 rings (SSSR count). The van der Waals surface area contributed by atoms with Crippen molar-refractivity contribution in [1.29, 1.82) is 16.2 Å². The molecular formula is C26H30ClN5O3. The highest BCUT2D eigenvalue weighted by Gasteiger charge is 2.42. The molecule has 9 heteroatoms. The van der Waals surface area contributed by atoms with Gasteiger partial charge in [0.1, 0.15) is 5.54 Å². The molecule has 0 aromatic heterocycles. The van der Waals surface area contributed by atoms with Crippen LogP contribution in [0, 0.1) is 27.6 Å². The number of carboxylic acid groups (broad SMARTS) is 1. The van der Waals surface area contributed by atoms with Crippen LogP contribution in [0.15, 0.2) is 48.7 Å². The van der Waals surface area contributed by atoms with Crippen LogP contribution in [-0.2, 0) is 10.3 Å². The van der Waals surface area contributed by atoms with Crippen LogP contribution in [0.2, 0.25) is 5.02 Å². The summed E-state index contributed by atoms with van der Waals surface area (Å²) in [5, 5.41) is 35.6. The number of carboxylic acids is 1.